The number of benzene rings is 1. The van der Waals surface area contributed by atoms with Gasteiger partial charge in [-0.25, -0.2) is 4.39 Å². The van der Waals surface area contributed by atoms with E-state index in [1.165, 1.54) is 17.4 Å². The Balaban J connectivity index is 2.82. The Hall–Kier alpha value is -1.22. The fourth-order valence-electron chi connectivity index (χ4n) is 1.10. The lowest BCUT2D eigenvalue weighted by Gasteiger charge is -1.87. The summed E-state index contributed by atoms with van der Waals surface area (Å²) in [5.41, 5.74) is 0. The highest BCUT2D eigenvalue weighted by Crippen LogP contribution is 2.26. The average molecular weight is 180 g/mol. The Morgan fingerprint density at radius 1 is 1.42 bits per heavy atom. The van der Waals surface area contributed by atoms with E-state index in [9.17, 15) is 9.18 Å². The highest BCUT2D eigenvalue weighted by atomic mass is 32.1. The molecule has 3 heteroatoms. The third kappa shape index (κ3) is 1.02. The standard InChI is InChI=1S/C9H5FOS/c10-8-2-1-3-9-7(8)4-6(5-11)12-9/h1-5H. The summed E-state index contributed by atoms with van der Waals surface area (Å²) < 4.78 is 13.8. The van der Waals surface area contributed by atoms with E-state index in [4.69, 9.17) is 0 Å². The van der Waals surface area contributed by atoms with Crippen molar-refractivity contribution in [3.8, 4) is 0 Å². The molecule has 0 amide bonds. The number of hydrogen-bond donors (Lipinski definition) is 0. The fourth-order valence-corrected chi connectivity index (χ4v) is 1.99. The van der Waals surface area contributed by atoms with Crippen LogP contribution in [-0.2, 0) is 0 Å². The number of halogens is 1. The molecule has 2 aromatic rings. The summed E-state index contributed by atoms with van der Waals surface area (Å²) in [6.45, 7) is 0. The second kappa shape index (κ2) is 2.68. The molecular formula is C9H5FOS. The average Bonchev–Trinajstić information content (AvgIpc) is 2.49. The van der Waals surface area contributed by atoms with Crippen LogP contribution in [0.1, 0.15) is 9.67 Å². The fraction of sp³-hybridized carbons (Fsp3) is 0. The van der Waals surface area contributed by atoms with E-state index in [1.807, 2.05) is 0 Å². The molecule has 0 N–H and O–H groups in total. The van der Waals surface area contributed by atoms with E-state index in [-0.39, 0.29) is 5.82 Å². The van der Waals surface area contributed by atoms with Gasteiger partial charge in [0.05, 0.1) is 4.88 Å². The number of rotatable bonds is 1. The van der Waals surface area contributed by atoms with Gasteiger partial charge in [-0.1, -0.05) is 6.07 Å². The van der Waals surface area contributed by atoms with Crippen molar-refractivity contribution < 1.29 is 9.18 Å². The van der Waals surface area contributed by atoms with Gasteiger partial charge in [0.2, 0.25) is 0 Å². The number of aldehydes is 1. The first-order chi connectivity index (χ1) is 5.81. The summed E-state index contributed by atoms with van der Waals surface area (Å²) >= 11 is 1.30. The predicted octanol–water partition coefficient (Wildman–Crippen LogP) is 2.85. The molecule has 0 bridgehead atoms. The van der Waals surface area contributed by atoms with Gasteiger partial charge in [-0.05, 0) is 18.2 Å². The number of thiophene rings is 1. The van der Waals surface area contributed by atoms with Crippen LogP contribution >= 0.6 is 11.3 Å². The van der Waals surface area contributed by atoms with Crippen molar-refractivity contribution in [1.29, 1.82) is 0 Å². The summed E-state index contributed by atoms with van der Waals surface area (Å²) in [7, 11) is 0. The van der Waals surface area contributed by atoms with Crippen LogP contribution in [0.15, 0.2) is 24.3 Å². The Bertz CT molecular complexity index is 433. The van der Waals surface area contributed by atoms with Gasteiger partial charge >= 0.3 is 0 Å². The lowest BCUT2D eigenvalue weighted by atomic mass is 10.2. The van der Waals surface area contributed by atoms with Crippen LogP contribution in [-0.4, -0.2) is 6.29 Å². The molecule has 2 rings (SSSR count). The SMILES string of the molecule is O=Cc1cc2c(F)cccc2s1. The molecular weight excluding hydrogens is 175 g/mol. The minimum Gasteiger partial charge on any atom is -0.297 e. The molecule has 1 heterocycles. The van der Waals surface area contributed by atoms with Gasteiger partial charge in [0, 0.05) is 10.1 Å². The van der Waals surface area contributed by atoms with Crippen molar-refractivity contribution in [3.63, 3.8) is 0 Å². The van der Waals surface area contributed by atoms with Crippen LogP contribution in [0.3, 0.4) is 0 Å². The first kappa shape index (κ1) is 7.43. The van der Waals surface area contributed by atoms with Crippen molar-refractivity contribution in [2.45, 2.75) is 0 Å². The highest BCUT2D eigenvalue weighted by Gasteiger charge is 2.03. The third-order valence-electron chi connectivity index (χ3n) is 1.64. The molecule has 0 saturated carbocycles. The van der Waals surface area contributed by atoms with Crippen molar-refractivity contribution in [2.75, 3.05) is 0 Å². The molecule has 0 atom stereocenters. The largest absolute Gasteiger partial charge is 0.297 e. The summed E-state index contributed by atoms with van der Waals surface area (Å²) in [6, 6.07) is 6.41. The van der Waals surface area contributed by atoms with Crippen LogP contribution in [0.25, 0.3) is 10.1 Å². The minimum atomic E-state index is -0.267. The summed E-state index contributed by atoms with van der Waals surface area (Å²) in [4.78, 5) is 10.9. The maximum Gasteiger partial charge on any atom is 0.160 e. The van der Waals surface area contributed by atoms with Gasteiger partial charge < -0.3 is 0 Å². The van der Waals surface area contributed by atoms with E-state index in [0.29, 0.717) is 10.3 Å². The zero-order valence-electron chi connectivity index (χ0n) is 6.08. The van der Waals surface area contributed by atoms with Gasteiger partial charge in [0.15, 0.2) is 6.29 Å². The van der Waals surface area contributed by atoms with Crippen LogP contribution in [0.5, 0.6) is 0 Å². The van der Waals surface area contributed by atoms with Crippen molar-refractivity contribution in [3.05, 3.63) is 35.0 Å². The van der Waals surface area contributed by atoms with Gasteiger partial charge in [-0.15, -0.1) is 11.3 Å². The molecule has 0 aliphatic carbocycles. The molecule has 1 aromatic carbocycles. The first-order valence-corrected chi connectivity index (χ1v) is 4.26. The van der Waals surface area contributed by atoms with Crippen molar-refractivity contribution in [2.24, 2.45) is 0 Å². The van der Waals surface area contributed by atoms with Crippen LogP contribution in [0.4, 0.5) is 4.39 Å². The lowest BCUT2D eigenvalue weighted by Crippen LogP contribution is -1.71. The quantitative estimate of drug-likeness (QED) is 0.617. The molecule has 0 spiro atoms. The smallest absolute Gasteiger partial charge is 0.160 e. The van der Waals surface area contributed by atoms with Gasteiger partial charge in [0.25, 0.3) is 0 Å². The molecule has 1 aromatic heterocycles. The number of hydrogen-bond acceptors (Lipinski definition) is 2. The maximum atomic E-state index is 13.0. The molecule has 0 aliphatic rings. The summed E-state index contributed by atoms with van der Waals surface area (Å²) in [5.74, 6) is -0.267. The van der Waals surface area contributed by atoms with Gasteiger partial charge in [0.1, 0.15) is 5.82 Å². The Morgan fingerprint density at radius 2 is 2.25 bits per heavy atom. The maximum absolute atomic E-state index is 13.0. The van der Waals surface area contributed by atoms with E-state index in [0.717, 1.165) is 11.0 Å². The van der Waals surface area contributed by atoms with E-state index in [1.54, 1.807) is 18.2 Å². The molecule has 0 fully saturated rings. The number of fused-ring (bicyclic) bond motifs is 1. The predicted molar refractivity (Wildman–Crippen MR) is 47.2 cm³/mol. The summed E-state index contributed by atoms with van der Waals surface area (Å²) in [6.07, 6.45) is 0.740. The minimum absolute atomic E-state index is 0.267. The van der Waals surface area contributed by atoms with E-state index in [2.05, 4.69) is 0 Å². The molecule has 12 heavy (non-hydrogen) atoms. The molecule has 0 saturated heterocycles. The van der Waals surface area contributed by atoms with Gasteiger partial charge in [-0.3, -0.25) is 4.79 Å². The Morgan fingerprint density at radius 3 is 2.92 bits per heavy atom. The van der Waals surface area contributed by atoms with Crippen LogP contribution < -0.4 is 0 Å². The van der Waals surface area contributed by atoms with E-state index < -0.39 is 0 Å². The zero-order chi connectivity index (χ0) is 8.55. The van der Waals surface area contributed by atoms with E-state index >= 15 is 0 Å². The zero-order valence-corrected chi connectivity index (χ0v) is 6.90. The second-order valence-corrected chi connectivity index (χ2v) is 3.53. The molecule has 0 aliphatic heterocycles. The Kier molecular flexibility index (Phi) is 1.66. The molecule has 1 nitrogen and oxygen atoms in total. The lowest BCUT2D eigenvalue weighted by molar-refractivity contribution is 0.112. The molecule has 60 valence electrons. The monoisotopic (exact) mass is 180 g/mol. The third-order valence-corrected chi connectivity index (χ3v) is 2.67. The number of carbonyl (C=O) groups is 1. The molecule has 0 unspecified atom stereocenters. The van der Waals surface area contributed by atoms with Crippen molar-refractivity contribution >= 4 is 27.7 Å². The normalized spacial score (nSPS) is 10.4. The number of carbonyl (C=O) groups excluding carboxylic acids is 1. The highest BCUT2D eigenvalue weighted by molar-refractivity contribution is 7.20. The van der Waals surface area contributed by atoms with Crippen molar-refractivity contribution in [1.82, 2.24) is 0 Å². The van der Waals surface area contributed by atoms with Crippen LogP contribution in [0, 0.1) is 5.82 Å². The summed E-state index contributed by atoms with van der Waals surface area (Å²) in [5, 5.41) is 0.532. The van der Waals surface area contributed by atoms with Gasteiger partial charge in [-0.2, -0.15) is 0 Å². The Labute approximate surface area is 72.4 Å². The second-order valence-electron chi connectivity index (χ2n) is 2.42. The van der Waals surface area contributed by atoms with Crippen LogP contribution in [0.2, 0.25) is 0 Å². The first-order valence-electron chi connectivity index (χ1n) is 3.44. The molecule has 0 radical (unpaired) electrons. The topological polar surface area (TPSA) is 17.1 Å².